The second-order valence-electron chi connectivity index (χ2n) is 9.06. The Morgan fingerprint density at radius 3 is 2.77 bits per heavy atom. The highest BCUT2D eigenvalue weighted by atomic mass is 32.1. The number of aliphatic hydroxyl groups excluding tert-OH is 1. The Kier molecular flexibility index (Phi) is 5.05. The van der Waals surface area contributed by atoms with E-state index in [0.717, 1.165) is 44.0 Å². The average Bonchev–Trinajstić information content (AvgIpc) is 3.59. The highest BCUT2D eigenvalue weighted by Crippen LogP contribution is 2.46. The van der Waals surface area contributed by atoms with Crippen molar-refractivity contribution in [3.05, 3.63) is 80.5 Å². The van der Waals surface area contributed by atoms with E-state index in [0.29, 0.717) is 10.7 Å². The number of ketones is 1. The van der Waals surface area contributed by atoms with Gasteiger partial charge in [0.2, 0.25) is 0 Å². The van der Waals surface area contributed by atoms with Crippen LogP contribution in [0.25, 0.3) is 16.0 Å². The maximum Gasteiger partial charge on any atom is 0.301 e. The molecule has 6 rings (SSSR count). The fraction of sp³-hybridized carbons (Fsp3) is 0.222. The third-order valence-corrected chi connectivity index (χ3v) is 8.38. The largest absolute Gasteiger partial charge is 0.507 e. The number of anilines is 1. The number of aryl methyl sites for hydroxylation is 2. The summed E-state index contributed by atoms with van der Waals surface area (Å²) >= 11 is 2.82. The van der Waals surface area contributed by atoms with Gasteiger partial charge in [-0.3, -0.25) is 14.5 Å². The first-order valence-electron chi connectivity index (χ1n) is 11.3. The van der Waals surface area contributed by atoms with Gasteiger partial charge in [-0.15, -0.1) is 11.3 Å². The fourth-order valence-electron chi connectivity index (χ4n) is 4.93. The molecule has 176 valence electrons. The van der Waals surface area contributed by atoms with Gasteiger partial charge in [-0.1, -0.05) is 23.5 Å². The minimum atomic E-state index is -0.750. The summed E-state index contributed by atoms with van der Waals surface area (Å²) in [6.07, 6.45) is 0.786. The van der Waals surface area contributed by atoms with Crippen LogP contribution in [-0.4, -0.2) is 27.9 Å². The van der Waals surface area contributed by atoms with E-state index in [1.807, 2.05) is 56.5 Å². The molecular formula is C27H22N2O4S2. The molecule has 1 N–H and O–H groups in total. The number of rotatable bonds is 3. The van der Waals surface area contributed by atoms with Crippen molar-refractivity contribution in [3.8, 4) is 5.75 Å². The van der Waals surface area contributed by atoms with Crippen LogP contribution in [0.5, 0.6) is 5.75 Å². The molecule has 2 atom stereocenters. The van der Waals surface area contributed by atoms with Crippen LogP contribution >= 0.6 is 22.7 Å². The van der Waals surface area contributed by atoms with E-state index in [2.05, 4.69) is 6.07 Å². The molecule has 0 saturated carbocycles. The lowest BCUT2D eigenvalue weighted by molar-refractivity contribution is -0.132. The summed E-state index contributed by atoms with van der Waals surface area (Å²) in [6, 6.07) is 12.5. The molecule has 35 heavy (non-hydrogen) atoms. The number of fused-ring (bicyclic) bond motifs is 2. The number of aromatic nitrogens is 1. The van der Waals surface area contributed by atoms with Crippen molar-refractivity contribution in [1.82, 2.24) is 4.98 Å². The normalized spacial score (nSPS) is 21.1. The molecule has 0 bridgehead atoms. The lowest BCUT2D eigenvalue weighted by Crippen LogP contribution is -2.28. The van der Waals surface area contributed by atoms with Crippen molar-refractivity contribution in [2.45, 2.75) is 39.3 Å². The van der Waals surface area contributed by atoms with Crippen molar-refractivity contribution in [3.63, 3.8) is 0 Å². The van der Waals surface area contributed by atoms with Crippen molar-refractivity contribution >= 4 is 55.5 Å². The molecule has 2 aliphatic heterocycles. The third kappa shape index (κ3) is 3.47. The number of thiazole rings is 1. The number of amides is 1. The number of nitrogens with zero attached hydrogens (tertiary/aromatic N) is 2. The van der Waals surface area contributed by atoms with Crippen LogP contribution < -0.4 is 9.64 Å². The van der Waals surface area contributed by atoms with Gasteiger partial charge >= 0.3 is 5.91 Å². The van der Waals surface area contributed by atoms with Crippen LogP contribution in [0.2, 0.25) is 0 Å². The molecule has 4 heterocycles. The SMILES string of the molecule is Cc1cc(C)c2nc(N3C(=O)C(=O)/C(=C(/O)c4ccc5c(c4)C[C@@H](C)O5)[C@@H]3c3cccs3)sc2c1. The van der Waals surface area contributed by atoms with Crippen molar-refractivity contribution < 1.29 is 19.4 Å². The van der Waals surface area contributed by atoms with Crippen LogP contribution in [0.15, 0.2) is 53.4 Å². The molecule has 2 aromatic carbocycles. The predicted molar refractivity (Wildman–Crippen MR) is 138 cm³/mol. The number of carbonyl (C=O) groups is 2. The fourth-order valence-corrected chi connectivity index (χ4v) is 6.92. The Balaban J connectivity index is 1.52. The molecule has 0 spiro atoms. The quantitative estimate of drug-likeness (QED) is 0.214. The second-order valence-corrected chi connectivity index (χ2v) is 11.1. The van der Waals surface area contributed by atoms with E-state index in [4.69, 9.17) is 9.72 Å². The standard InChI is InChI=1S/C27H22N2O4S2/c1-13-9-14(2)22-20(10-13)35-27(28-22)29-23(19-5-4-8-34-19)21(25(31)26(29)32)24(30)16-6-7-18-17(12-16)11-15(3)33-18/h4-10,12,15,23,30H,11H2,1-3H3/b24-21+/t15-,23+/m1/s1. The van der Waals surface area contributed by atoms with Gasteiger partial charge in [0.1, 0.15) is 23.7 Å². The van der Waals surface area contributed by atoms with Crippen LogP contribution in [0.1, 0.15) is 40.1 Å². The monoisotopic (exact) mass is 502 g/mol. The summed E-state index contributed by atoms with van der Waals surface area (Å²) in [7, 11) is 0. The van der Waals surface area contributed by atoms with Crippen LogP contribution in [-0.2, 0) is 16.0 Å². The number of ether oxygens (including phenoxy) is 1. The van der Waals surface area contributed by atoms with Crippen LogP contribution in [0, 0.1) is 13.8 Å². The molecule has 0 radical (unpaired) electrons. The first kappa shape index (κ1) is 22.0. The smallest absolute Gasteiger partial charge is 0.301 e. The Morgan fingerprint density at radius 2 is 2.00 bits per heavy atom. The molecule has 1 saturated heterocycles. The Hall–Kier alpha value is -3.49. The van der Waals surface area contributed by atoms with Gasteiger partial charge in [-0.2, -0.15) is 0 Å². The van der Waals surface area contributed by atoms with Crippen molar-refractivity contribution in [1.29, 1.82) is 0 Å². The van der Waals surface area contributed by atoms with E-state index < -0.39 is 17.7 Å². The zero-order chi connectivity index (χ0) is 24.4. The van der Waals surface area contributed by atoms with Crippen LogP contribution in [0.3, 0.4) is 0 Å². The van der Waals surface area contributed by atoms with E-state index in [1.54, 1.807) is 6.07 Å². The van der Waals surface area contributed by atoms with Gasteiger partial charge in [0.15, 0.2) is 5.13 Å². The maximum absolute atomic E-state index is 13.4. The summed E-state index contributed by atoms with van der Waals surface area (Å²) in [5.74, 6) is -0.793. The summed E-state index contributed by atoms with van der Waals surface area (Å²) in [5, 5.41) is 13.7. The number of hydrogen-bond acceptors (Lipinski definition) is 7. The molecule has 2 aliphatic rings. The van der Waals surface area contributed by atoms with Crippen LogP contribution in [0.4, 0.5) is 5.13 Å². The maximum atomic E-state index is 13.4. The molecular weight excluding hydrogens is 480 g/mol. The Bertz CT molecular complexity index is 1550. The summed E-state index contributed by atoms with van der Waals surface area (Å²) in [4.78, 5) is 33.8. The summed E-state index contributed by atoms with van der Waals surface area (Å²) in [5.41, 5.74) is 4.49. The minimum Gasteiger partial charge on any atom is -0.507 e. The number of aliphatic hydroxyl groups is 1. The number of thiophene rings is 1. The van der Waals surface area contributed by atoms with E-state index in [9.17, 15) is 14.7 Å². The van der Waals surface area contributed by atoms with E-state index in [1.165, 1.54) is 27.6 Å². The highest BCUT2D eigenvalue weighted by Gasteiger charge is 2.48. The number of carbonyl (C=O) groups excluding carboxylic acids is 2. The second kappa shape index (κ2) is 8.03. The topological polar surface area (TPSA) is 79.7 Å². The first-order valence-corrected chi connectivity index (χ1v) is 13.0. The van der Waals surface area contributed by atoms with E-state index >= 15 is 0 Å². The molecule has 0 aliphatic carbocycles. The molecule has 2 aromatic heterocycles. The molecule has 0 unspecified atom stereocenters. The minimum absolute atomic E-state index is 0.0604. The molecule has 6 nitrogen and oxygen atoms in total. The summed E-state index contributed by atoms with van der Waals surface area (Å²) < 4.78 is 6.73. The van der Waals surface area contributed by atoms with E-state index in [-0.39, 0.29) is 17.4 Å². The lowest BCUT2D eigenvalue weighted by atomic mass is 9.98. The molecule has 1 fully saturated rings. The Labute approximate surface area is 210 Å². The van der Waals surface area contributed by atoms with Gasteiger partial charge in [0, 0.05) is 16.9 Å². The molecule has 4 aromatic rings. The molecule has 1 amide bonds. The lowest BCUT2D eigenvalue weighted by Gasteiger charge is -2.21. The number of Topliss-reactive ketones (excluding diaryl/α,β-unsaturated/α-hetero) is 1. The van der Waals surface area contributed by atoms with Gasteiger partial charge in [-0.25, -0.2) is 4.98 Å². The third-order valence-electron chi connectivity index (χ3n) is 6.45. The zero-order valence-corrected chi connectivity index (χ0v) is 21.0. The average molecular weight is 503 g/mol. The summed E-state index contributed by atoms with van der Waals surface area (Å²) in [6.45, 7) is 6.00. The first-order chi connectivity index (χ1) is 16.8. The zero-order valence-electron chi connectivity index (χ0n) is 19.4. The number of hydrogen-bond donors (Lipinski definition) is 1. The van der Waals surface area contributed by atoms with Gasteiger partial charge < -0.3 is 9.84 Å². The predicted octanol–water partition coefficient (Wildman–Crippen LogP) is 5.92. The van der Waals surface area contributed by atoms with Crippen molar-refractivity contribution in [2.75, 3.05) is 4.90 Å². The van der Waals surface area contributed by atoms with Gasteiger partial charge in [0.05, 0.1) is 15.8 Å². The van der Waals surface area contributed by atoms with Crippen molar-refractivity contribution in [2.24, 2.45) is 0 Å². The molecule has 8 heteroatoms. The highest BCUT2D eigenvalue weighted by molar-refractivity contribution is 7.22. The van der Waals surface area contributed by atoms with Gasteiger partial charge in [-0.05, 0) is 73.2 Å². The number of benzene rings is 2. The van der Waals surface area contributed by atoms with Gasteiger partial charge in [0.25, 0.3) is 5.78 Å². The Morgan fingerprint density at radius 1 is 1.17 bits per heavy atom.